The SMILES string of the molecule is CS(=O)CCCNC1c2ccccc2CCC1(C)C. The number of fused-ring (bicyclic) bond motifs is 1. The molecule has 0 aliphatic heterocycles. The molecule has 106 valence electrons. The van der Waals surface area contributed by atoms with E-state index in [1.165, 1.54) is 24.0 Å². The Morgan fingerprint density at radius 3 is 2.84 bits per heavy atom. The van der Waals surface area contributed by atoms with Gasteiger partial charge in [-0.3, -0.25) is 4.21 Å². The van der Waals surface area contributed by atoms with Crippen LogP contribution in [0.2, 0.25) is 0 Å². The molecule has 0 heterocycles. The normalized spacial score (nSPS) is 22.8. The average Bonchev–Trinajstić information content (AvgIpc) is 2.36. The molecule has 0 saturated carbocycles. The van der Waals surface area contributed by atoms with Crippen molar-refractivity contribution in [3.8, 4) is 0 Å². The van der Waals surface area contributed by atoms with Crippen molar-refractivity contribution in [1.29, 1.82) is 0 Å². The maximum Gasteiger partial charge on any atom is 0.0374 e. The van der Waals surface area contributed by atoms with Gasteiger partial charge in [0, 0.05) is 28.9 Å². The smallest absolute Gasteiger partial charge is 0.0374 e. The van der Waals surface area contributed by atoms with Crippen LogP contribution in [-0.4, -0.2) is 22.8 Å². The lowest BCUT2D eigenvalue weighted by molar-refractivity contribution is 0.210. The Kier molecular flexibility index (Phi) is 4.80. The Bertz CT molecular complexity index is 456. The van der Waals surface area contributed by atoms with Gasteiger partial charge in [-0.2, -0.15) is 0 Å². The molecule has 0 amide bonds. The summed E-state index contributed by atoms with van der Waals surface area (Å²) in [6, 6.07) is 9.19. The number of hydrogen-bond acceptors (Lipinski definition) is 2. The number of rotatable bonds is 5. The van der Waals surface area contributed by atoms with E-state index in [1.54, 1.807) is 6.26 Å². The lowest BCUT2D eigenvalue weighted by Gasteiger charge is -2.40. The molecule has 2 rings (SSSR count). The van der Waals surface area contributed by atoms with E-state index in [1.807, 2.05) is 0 Å². The first-order chi connectivity index (χ1) is 9.00. The van der Waals surface area contributed by atoms with Crippen molar-refractivity contribution in [2.24, 2.45) is 5.41 Å². The summed E-state index contributed by atoms with van der Waals surface area (Å²) in [7, 11) is -0.676. The molecule has 1 aromatic rings. The Hall–Kier alpha value is -0.670. The summed E-state index contributed by atoms with van der Waals surface area (Å²) in [5.41, 5.74) is 3.23. The van der Waals surface area contributed by atoms with Crippen LogP contribution in [0.4, 0.5) is 0 Å². The third kappa shape index (κ3) is 3.67. The quantitative estimate of drug-likeness (QED) is 0.839. The van der Waals surface area contributed by atoms with E-state index in [0.29, 0.717) is 11.5 Å². The van der Waals surface area contributed by atoms with E-state index in [4.69, 9.17) is 0 Å². The second kappa shape index (κ2) is 6.19. The molecular weight excluding hydrogens is 254 g/mol. The number of hydrogen-bond donors (Lipinski definition) is 1. The molecular formula is C16H25NOS. The standard InChI is InChI=1S/C16H25NOS/c1-16(2)10-9-13-7-4-5-8-14(13)15(16)17-11-6-12-19(3)18/h4-5,7-8,15,17H,6,9-12H2,1-3H3. The fraction of sp³-hybridized carbons (Fsp3) is 0.625. The number of benzene rings is 1. The molecule has 0 saturated heterocycles. The molecule has 0 aromatic heterocycles. The lowest BCUT2D eigenvalue weighted by atomic mass is 9.70. The molecule has 1 N–H and O–H groups in total. The van der Waals surface area contributed by atoms with Crippen molar-refractivity contribution in [3.63, 3.8) is 0 Å². The van der Waals surface area contributed by atoms with Gasteiger partial charge < -0.3 is 5.32 Å². The third-order valence-electron chi connectivity index (χ3n) is 4.14. The average molecular weight is 279 g/mol. The summed E-state index contributed by atoms with van der Waals surface area (Å²) in [6.07, 6.45) is 5.17. The highest BCUT2D eigenvalue weighted by atomic mass is 32.2. The van der Waals surface area contributed by atoms with Gasteiger partial charge in [0.05, 0.1) is 0 Å². The van der Waals surface area contributed by atoms with Gasteiger partial charge in [-0.1, -0.05) is 38.1 Å². The van der Waals surface area contributed by atoms with Gasteiger partial charge in [0.25, 0.3) is 0 Å². The summed E-state index contributed by atoms with van der Waals surface area (Å²) >= 11 is 0. The Morgan fingerprint density at radius 1 is 1.37 bits per heavy atom. The first-order valence-corrected chi connectivity index (χ1v) is 8.84. The van der Waals surface area contributed by atoms with E-state index >= 15 is 0 Å². The van der Waals surface area contributed by atoms with Crippen LogP contribution in [0.1, 0.15) is 43.9 Å². The van der Waals surface area contributed by atoms with Crippen molar-refractivity contribution in [3.05, 3.63) is 35.4 Å². The highest BCUT2D eigenvalue weighted by molar-refractivity contribution is 7.84. The van der Waals surface area contributed by atoms with Gasteiger partial charge in [-0.25, -0.2) is 0 Å². The van der Waals surface area contributed by atoms with E-state index in [0.717, 1.165) is 18.7 Å². The van der Waals surface area contributed by atoms with Gasteiger partial charge in [-0.05, 0) is 42.3 Å². The van der Waals surface area contributed by atoms with Crippen LogP contribution < -0.4 is 5.32 Å². The molecule has 2 unspecified atom stereocenters. The summed E-state index contributed by atoms with van der Waals surface area (Å²) in [5, 5.41) is 3.69. The highest BCUT2D eigenvalue weighted by Crippen LogP contribution is 2.43. The fourth-order valence-corrected chi connectivity index (χ4v) is 3.52. The summed E-state index contributed by atoms with van der Waals surface area (Å²) in [4.78, 5) is 0. The van der Waals surface area contributed by atoms with Gasteiger partial charge in [0.1, 0.15) is 0 Å². The van der Waals surface area contributed by atoms with Crippen LogP contribution in [0, 0.1) is 5.41 Å². The van der Waals surface area contributed by atoms with Crippen LogP contribution in [0.3, 0.4) is 0 Å². The maximum absolute atomic E-state index is 11.1. The predicted molar refractivity (Wildman–Crippen MR) is 82.8 cm³/mol. The zero-order valence-electron chi connectivity index (χ0n) is 12.2. The first-order valence-electron chi connectivity index (χ1n) is 7.12. The monoisotopic (exact) mass is 279 g/mol. The van der Waals surface area contributed by atoms with E-state index in [-0.39, 0.29) is 0 Å². The molecule has 1 aliphatic rings. The minimum absolute atomic E-state index is 0.291. The Morgan fingerprint density at radius 2 is 2.11 bits per heavy atom. The van der Waals surface area contributed by atoms with Crippen LogP contribution in [0.5, 0.6) is 0 Å². The molecule has 1 aliphatic carbocycles. The topological polar surface area (TPSA) is 29.1 Å². The van der Waals surface area contributed by atoms with Crippen molar-refractivity contribution in [2.75, 3.05) is 18.6 Å². The molecule has 0 fully saturated rings. The summed E-state index contributed by atoms with van der Waals surface area (Å²) < 4.78 is 11.1. The third-order valence-corrected chi connectivity index (χ3v) is 5.01. The second-order valence-electron chi connectivity index (χ2n) is 6.21. The Labute approximate surface area is 119 Å². The zero-order valence-corrected chi connectivity index (χ0v) is 13.1. The molecule has 1 aromatic carbocycles. The van der Waals surface area contributed by atoms with Crippen molar-refractivity contribution in [1.82, 2.24) is 5.32 Å². The molecule has 3 heteroatoms. The zero-order chi connectivity index (χ0) is 13.9. The van der Waals surface area contributed by atoms with Gasteiger partial charge in [0.2, 0.25) is 0 Å². The van der Waals surface area contributed by atoms with Crippen LogP contribution in [-0.2, 0) is 17.2 Å². The largest absolute Gasteiger partial charge is 0.309 e. The van der Waals surface area contributed by atoms with Gasteiger partial charge in [0.15, 0.2) is 0 Å². The van der Waals surface area contributed by atoms with Crippen LogP contribution in [0.25, 0.3) is 0 Å². The van der Waals surface area contributed by atoms with Crippen molar-refractivity contribution in [2.45, 2.75) is 39.2 Å². The van der Waals surface area contributed by atoms with Crippen molar-refractivity contribution < 1.29 is 4.21 Å². The van der Waals surface area contributed by atoms with E-state index < -0.39 is 10.8 Å². The predicted octanol–water partition coefficient (Wildman–Crippen LogP) is 3.06. The number of aryl methyl sites for hydroxylation is 1. The molecule has 2 atom stereocenters. The van der Waals surface area contributed by atoms with E-state index in [2.05, 4.69) is 43.4 Å². The van der Waals surface area contributed by atoms with Crippen LogP contribution >= 0.6 is 0 Å². The molecule has 0 spiro atoms. The second-order valence-corrected chi connectivity index (χ2v) is 7.76. The summed E-state index contributed by atoms with van der Waals surface area (Å²) in [6.45, 7) is 5.64. The molecule has 0 radical (unpaired) electrons. The first kappa shape index (κ1) is 14.7. The lowest BCUT2D eigenvalue weighted by Crippen LogP contribution is -2.38. The highest BCUT2D eigenvalue weighted by Gasteiger charge is 2.34. The molecule has 2 nitrogen and oxygen atoms in total. The Balaban J connectivity index is 2.06. The van der Waals surface area contributed by atoms with Crippen LogP contribution in [0.15, 0.2) is 24.3 Å². The minimum atomic E-state index is -0.676. The van der Waals surface area contributed by atoms with Gasteiger partial charge in [-0.15, -0.1) is 0 Å². The van der Waals surface area contributed by atoms with E-state index in [9.17, 15) is 4.21 Å². The number of nitrogens with one attached hydrogen (secondary N) is 1. The van der Waals surface area contributed by atoms with Gasteiger partial charge >= 0.3 is 0 Å². The van der Waals surface area contributed by atoms with Crippen molar-refractivity contribution >= 4 is 10.8 Å². The minimum Gasteiger partial charge on any atom is -0.309 e. The molecule has 0 bridgehead atoms. The summed E-state index contributed by atoms with van der Waals surface area (Å²) in [5.74, 6) is 0.793. The molecule has 19 heavy (non-hydrogen) atoms. The fourth-order valence-electron chi connectivity index (χ4n) is 2.97. The maximum atomic E-state index is 11.1.